The van der Waals surface area contributed by atoms with E-state index in [4.69, 9.17) is 0 Å². The van der Waals surface area contributed by atoms with Crippen molar-refractivity contribution in [3.63, 3.8) is 0 Å². The molecule has 0 N–H and O–H groups in total. The number of nitrogens with zero attached hydrogens (tertiary/aromatic N) is 6. The van der Waals surface area contributed by atoms with Crippen LogP contribution in [0.5, 0.6) is 0 Å². The number of likely N-dealkylation sites (tertiary alicyclic amines) is 1. The number of amides is 1. The Morgan fingerprint density at radius 2 is 2.06 bits per heavy atom. The van der Waals surface area contributed by atoms with Gasteiger partial charge in [-0.25, -0.2) is 18.3 Å². The monoisotopic (exact) mass is 424 g/mol. The third-order valence-corrected chi connectivity index (χ3v) is 6.28. The molecule has 0 saturated carbocycles. The normalized spacial score (nSPS) is 19.6. The number of hydrogen-bond acceptors (Lipinski definition) is 4. The van der Waals surface area contributed by atoms with Crippen LogP contribution >= 0.6 is 0 Å². The number of hydrogen-bond donors (Lipinski definition) is 0. The summed E-state index contributed by atoms with van der Waals surface area (Å²) in [6.45, 7) is 3.12. The van der Waals surface area contributed by atoms with Crippen LogP contribution < -0.4 is 0 Å². The molecule has 3 aromatic heterocycles. The zero-order chi connectivity index (χ0) is 21.7. The summed E-state index contributed by atoms with van der Waals surface area (Å²) >= 11 is 0. The lowest BCUT2D eigenvalue weighted by atomic mass is 9.84. The zero-order valence-electron chi connectivity index (χ0n) is 17.2. The van der Waals surface area contributed by atoms with E-state index in [2.05, 4.69) is 22.0 Å². The van der Waals surface area contributed by atoms with Crippen LogP contribution in [0.15, 0.2) is 42.9 Å². The Labute approximate surface area is 177 Å². The minimum Gasteiger partial charge on any atom is -0.350 e. The molecule has 160 valence electrons. The van der Waals surface area contributed by atoms with Crippen LogP contribution in [0.4, 0.5) is 8.78 Å². The number of benzene rings is 1. The molecule has 1 fully saturated rings. The lowest BCUT2D eigenvalue weighted by molar-refractivity contribution is 0.0667. The Morgan fingerprint density at radius 1 is 1.26 bits per heavy atom. The Bertz CT molecular complexity index is 1280. The first-order valence-corrected chi connectivity index (χ1v) is 10.3. The maximum absolute atomic E-state index is 13.4. The standard InChI is InChI=1S/C22H22F2N6O/c1-13-7-8-29(21(31)16-10-28(2)18-6-4-3-5-14(16)18)11-15(13)19-9-17(20(23)24)27-22-25-12-26-30(19)22/h3-6,9-10,12-13,15,20H,7-8,11H2,1-2H3/t13-,15-/m1/s1. The van der Waals surface area contributed by atoms with E-state index in [1.165, 1.54) is 16.9 Å². The van der Waals surface area contributed by atoms with E-state index in [1.54, 1.807) is 0 Å². The highest BCUT2D eigenvalue weighted by atomic mass is 19.3. The van der Waals surface area contributed by atoms with Crippen molar-refractivity contribution in [2.24, 2.45) is 13.0 Å². The summed E-state index contributed by atoms with van der Waals surface area (Å²) in [5.74, 6) is 0.137. The molecule has 1 aliphatic heterocycles. The molecule has 0 bridgehead atoms. The van der Waals surface area contributed by atoms with Crippen LogP contribution in [0.25, 0.3) is 16.7 Å². The molecular formula is C22H22F2N6O. The van der Waals surface area contributed by atoms with Gasteiger partial charge in [-0.1, -0.05) is 25.1 Å². The Morgan fingerprint density at radius 3 is 2.87 bits per heavy atom. The van der Waals surface area contributed by atoms with Crippen molar-refractivity contribution in [1.82, 2.24) is 29.0 Å². The first kappa shape index (κ1) is 19.6. The van der Waals surface area contributed by atoms with Crippen molar-refractivity contribution in [3.05, 3.63) is 59.8 Å². The Kier molecular flexibility index (Phi) is 4.68. The zero-order valence-corrected chi connectivity index (χ0v) is 17.2. The van der Waals surface area contributed by atoms with Crippen LogP contribution in [0.1, 0.15) is 47.4 Å². The van der Waals surface area contributed by atoms with Gasteiger partial charge in [-0.15, -0.1) is 0 Å². The SMILES string of the molecule is C[C@@H]1CCN(C(=O)c2cn(C)c3ccccc23)C[C@H]1c1cc(C(F)F)nc2ncnn12. The van der Waals surface area contributed by atoms with Crippen LogP contribution in [0.2, 0.25) is 0 Å². The maximum Gasteiger partial charge on any atom is 0.280 e. The van der Waals surface area contributed by atoms with Gasteiger partial charge in [0, 0.05) is 43.2 Å². The first-order chi connectivity index (χ1) is 14.9. The van der Waals surface area contributed by atoms with Crippen molar-refractivity contribution in [3.8, 4) is 0 Å². The van der Waals surface area contributed by atoms with Gasteiger partial charge in [-0.2, -0.15) is 10.1 Å². The summed E-state index contributed by atoms with van der Waals surface area (Å²) in [7, 11) is 1.92. The molecule has 1 amide bonds. The number of aryl methyl sites for hydroxylation is 1. The number of rotatable bonds is 3. The number of aromatic nitrogens is 5. The molecular weight excluding hydrogens is 402 g/mol. The Balaban J connectivity index is 1.52. The molecule has 0 radical (unpaired) electrons. The molecule has 1 aliphatic rings. The van der Waals surface area contributed by atoms with Gasteiger partial charge < -0.3 is 9.47 Å². The van der Waals surface area contributed by atoms with Gasteiger partial charge in [0.15, 0.2) is 0 Å². The van der Waals surface area contributed by atoms with Gasteiger partial charge in [-0.3, -0.25) is 4.79 Å². The molecule has 1 aromatic carbocycles. The lowest BCUT2D eigenvalue weighted by Crippen LogP contribution is -2.42. The van der Waals surface area contributed by atoms with Crippen LogP contribution in [-0.4, -0.2) is 48.0 Å². The highest BCUT2D eigenvalue weighted by molar-refractivity contribution is 6.07. The predicted molar refractivity (Wildman–Crippen MR) is 111 cm³/mol. The summed E-state index contributed by atoms with van der Waals surface area (Å²) < 4.78 is 30.3. The largest absolute Gasteiger partial charge is 0.350 e. The molecule has 4 heterocycles. The number of para-hydroxylation sites is 1. The number of carbonyl (C=O) groups is 1. The minimum atomic E-state index is -2.70. The molecule has 4 aromatic rings. The molecule has 5 rings (SSSR count). The van der Waals surface area contributed by atoms with Crippen molar-refractivity contribution in [2.75, 3.05) is 13.1 Å². The van der Waals surface area contributed by atoms with Crippen LogP contribution in [-0.2, 0) is 7.05 Å². The van der Waals surface area contributed by atoms with E-state index < -0.39 is 6.43 Å². The number of fused-ring (bicyclic) bond motifs is 2. The molecule has 2 atom stereocenters. The van der Waals surface area contributed by atoms with E-state index >= 15 is 0 Å². The molecule has 1 saturated heterocycles. The number of halogens is 2. The number of carbonyl (C=O) groups excluding carboxylic acids is 1. The quantitative estimate of drug-likeness (QED) is 0.501. The fourth-order valence-corrected chi connectivity index (χ4v) is 4.55. The third-order valence-electron chi connectivity index (χ3n) is 6.28. The Hall–Kier alpha value is -3.36. The van der Waals surface area contributed by atoms with Crippen molar-refractivity contribution in [2.45, 2.75) is 25.7 Å². The van der Waals surface area contributed by atoms with Crippen molar-refractivity contribution in [1.29, 1.82) is 0 Å². The van der Waals surface area contributed by atoms with Gasteiger partial charge in [0.1, 0.15) is 12.0 Å². The van der Waals surface area contributed by atoms with E-state index in [-0.39, 0.29) is 29.2 Å². The van der Waals surface area contributed by atoms with Gasteiger partial charge >= 0.3 is 0 Å². The molecule has 7 nitrogen and oxygen atoms in total. The fourth-order valence-electron chi connectivity index (χ4n) is 4.55. The minimum absolute atomic E-state index is 0.0494. The van der Waals surface area contributed by atoms with Gasteiger partial charge in [0.25, 0.3) is 18.1 Å². The van der Waals surface area contributed by atoms with Gasteiger partial charge in [0.2, 0.25) is 0 Å². The molecule has 0 aliphatic carbocycles. The van der Waals surface area contributed by atoms with Crippen molar-refractivity contribution < 1.29 is 13.6 Å². The molecule has 31 heavy (non-hydrogen) atoms. The second-order valence-electron chi connectivity index (χ2n) is 8.17. The van der Waals surface area contributed by atoms with Crippen molar-refractivity contribution >= 4 is 22.6 Å². The molecule has 9 heteroatoms. The average molecular weight is 424 g/mol. The van der Waals surface area contributed by atoms with E-state index in [0.717, 1.165) is 17.3 Å². The predicted octanol–water partition coefficient (Wildman–Crippen LogP) is 3.82. The first-order valence-electron chi connectivity index (χ1n) is 10.3. The van der Waals surface area contributed by atoms with E-state index in [9.17, 15) is 13.6 Å². The summed E-state index contributed by atoms with van der Waals surface area (Å²) in [4.78, 5) is 23.2. The lowest BCUT2D eigenvalue weighted by Gasteiger charge is -2.37. The van der Waals surface area contributed by atoms with Gasteiger partial charge in [0.05, 0.1) is 11.3 Å². The number of alkyl halides is 2. The maximum atomic E-state index is 13.4. The molecule has 0 spiro atoms. The van der Waals surface area contributed by atoms with Crippen LogP contribution in [0, 0.1) is 5.92 Å². The van der Waals surface area contributed by atoms with E-state index in [0.29, 0.717) is 24.3 Å². The van der Waals surface area contributed by atoms with E-state index in [1.807, 2.05) is 47.0 Å². The smallest absolute Gasteiger partial charge is 0.280 e. The highest BCUT2D eigenvalue weighted by Crippen LogP contribution is 2.34. The summed E-state index contributed by atoms with van der Waals surface area (Å²) in [6.07, 6.45) is 1.24. The second-order valence-corrected chi connectivity index (χ2v) is 8.17. The summed E-state index contributed by atoms with van der Waals surface area (Å²) in [6, 6.07) is 9.20. The summed E-state index contributed by atoms with van der Waals surface area (Å²) in [5.41, 5.74) is 1.94. The number of piperidine rings is 1. The van der Waals surface area contributed by atoms with Crippen LogP contribution in [0.3, 0.4) is 0 Å². The fraction of sp³-hybridized carbons (Fsp3) is 0.364. The van der Waals surface area contributed by atoms with Gasteiger partial charge in [-0.05, 0) is 24.5 Å². The second kappa shape index (κ2) is 7.40. The topological polar surface area (TPSA) is 68.3 Å². The summed E-state index contributed by atoms with van der Waals surface area (Å²) in [5, 5.41) is 5.10. The average Bonchev–Trinajstić information content (AvgIpc) is 3.38. The molecule has 0 unspecified atom stereocenters. The highest BCUT2D eigenvalue weighted by Gasteiger charge is 2.34. The third kappa shape index (κ3) is 3.24.